The van der Waals surface area contributed by atoms with Crippen molar-refractivity contribution in [3.63, 3.8) is 0 Å². The highest BCUT2D eigenvalue weighted by Crippen LogP contribution is 2.10. The molecule has 0 aliphatic carbocycles. The van der Waals surface area contributed by atoms with Crippen molar-refractivity contribution in [2.45, 2.75) is 26.8 Å². The smallest absolute Gasteiger partial charge is 0.253 e. The molecule has 1 aromatic carbocycles. The molecule has 2 rings (SSSR count). The number of piperazine rings is 1. The van der Waals surface area contributed by atoms with Crippen molar-refractivity contribution >= 4 is 11.8 Å². The zero-order chi connectivity index (χ0) is 16.1. The third kappa shape index (κ3) is 4.56. The van der Waals surface area contributed by atoms with Gasteiger partial charge in [-0.05, 0) is 32.9 Å². The molecule has 1 saturated heterocycles. The molecule has 120 valence electrons. The fourth-order valence-corrected chi connectivity index (χ4v) is 2.56. The van der Waals surface area contributed by atoms with Gasteiger partial charge in [-0.3, -0.25) is 14.5 Å². The largest absolute Gasteiger partial charge is 0.353 e. The molecule has 2 amide bonds. The van der Waals surface area contributed by atoms with Crippen molar-refractivity contribution in [3.05, 3.63) is 35.4 Å². The van der Waals surface area contributed by atoms with Gasteiger partial charge in [0.05, 0.1) is 6.54 Å². The number of nitrogens with zero attached hydrogens (tertiary/aromatic N) is 2. The van der Waals surface area contributed by atoms with Crippen LogP contribution in [0, 0.1) is 6.92 Å². The predicted molar refractivity (Wildman–Crippen MR) is 86.8 cm³/mol. The maximum Gasteiger partial charge on any atom is 0.253 e. The zero-order valence-electron chi connectivity index (χ0n) is 13.6. The molecule has 0 saturated carbocycles. The van der Waals surface area contributed by atoms with Crippen LogP contribution in [0.1, 0.15) is 29.8 Å². The van der Waals surface area contributed by atoms with Gasteiger partial charge >= 0.3 is 0 Å². The average molecular weight is 303 g/mol. The molecule has 0 spiro atoms. The number of amides is 2. The first-order chi connectivity index (χ1) is 10.5. The Bertz CT molecular complexity index is 517. The van der Waals surface area contributed by atoms with E-state index in [0.29, 0.717) is 19.6 Å². The summed E-state index contributed by atoms with van der Waals surface area (Å²) in [7, 11) is 0. The average Bonchev–Trinajstić information content (AvgIpc) is 2.47. The van der Waals surface area contributed by atoms with Gasteiger partial charge in [0, 0.05) is 37.8 Å². The Morgan fingerprint density at radius 1 is 1.09 bits per heavy atom. The van der Waals surface area contributed by atoms with Gasteiger partial charge in [0.1, 0.15) is 0 Å². The molecule has 0 aromatic heterocycles. The molecule has 1 N–H and O–H groups in total. The molecule has 1 fully saturated rings. The van der Waals surface area contributed by atoms with E-state index < -0.39 is 0 Å². The molecule has 1 aliphatic heterocycles. The van der Waals surface area contributed by atoms with Crippen LogP contribution < -0.4 is 5.32 Å². The van der Waals surface area contributed by atoms with Crippen LogP contribution in [0.25, 0.3) is 0 Å². The van der Waals surface area contributed by atoms with Crippen molar-refractivity contribution in [2.24, 2.45) is 0 Å². The lowest BCUT2D eigenvalue weighted by molar-refractivity contribution is -0.123. The van der Waals surface area contributed by atoms with Gasteiger partial charge < -0.3 is 10.2 Å². The third-order valence-corrected chi connectivity index (χ3v) is 3.77. The van der Waals surface area contributed by atoms with E-state index in [-0.39, 0.29) is 17.9 Å². The highest BCUT2D eigenvalue weighted by Gasteiger charge is 2.23. The van der Waals surface area contributed by atoms with E-state index in [1.54, 1.807) is 0 Å². The SMILES string of the molecule is Cc1ccc(C(=O)N2CCN(CC(=O)NC(C)C)CC2)cc1. The summed E-state index contributed by atoms with van der Waals surface area (Å²) in [6, 6.07) is 7.83. The first kappa shape index (κ1) is 16.5. The van der Waals surface area contributed by atoms with E-state index in [0.717, 1.165) is 24.2 Å². The standard InChI is InChI=1S/C17H25N3O2/c1-13(2)18-16(21)12-19-8-10-20(11-9-19)17(22)15-6-4-14(3)5-7-15/h4-7,13H,8-12H2,1-3H3,(H,18,21). The minimum atomic E-state index is 0.0494. The molecule has 1 heterocycles. The van der Waals surface area contributed by atoms with Gasteiger partial charge in [-0.2, -0.15) is 0 Å². The van der Waals surface area contributed by atoms with Crippen LogP contribution in [-0.2, 0) is 4.79 Å². The van der Waals surface area contributed by atoms with E-state index in [4.69, 9.17) is 0 Å². The molecule has 1 aromatic rings. The molecular weight excluding hydrogens is 278 g/mol. The normalized spacial score (nSPS) is 15.9. The number of hydrogen-bond acceptors (Lipinski definition) is 3. The van der Waals surface area contributed by atoms with Crippen molar-refractivity contribution in [1.82, 2.24) is 15.1 Å². The summed E-state index contributed by atoms with van der Waals surface area (Å²) >= 11 is 0. The monoisotopic (exact) mass is 303 g/mol. The molecule has 0 unspecified atom stereocenters. The van der Waals surface area contributed by atoms with Gasteiger partial charge in [0.25, 0.3) is 5.91 Å². The van der Waals surface area contributed by atoms with Crippen molar-refractivity contribution in [1.29, 1.82) is 0 Å². The maximum atomic E-state index is 12.4. The Morgan fingerprint density at radius 2 is 1.68 bits per heavy atom. The first-order valence-electron chi connectivity index (χ1n) is 7.83. The third-order valence-electron chi connectivity index (χ3n) is 3.77. The van der Waals surface area contributed by atoms with Crippen LogP contribution in [0.3, 0.4) is 0 Å². The summed E-state index contributed by atoms with van der Waals surface area (Å²) in [5, 5.41) is 2.89. The topological polar surface area (TPSA) is 52.7 Å². The molecule has 0 bridgehead atoms. The number of hydrogen-bond donors (Lipinski definition) is 1. The number of aryl methyl sites for hydroxylation is 1. The van der Waals surface area contributed by atoms with E-state index >= 15 is 0 Å². The molecular formula is C17H25N3O2. The molecule has 5 nitrogen and oxygen atoms in total. The van der Waals surface area contributed by atoms with Crippen LogP contribution >= 0.6 is 0 Å². The molecule has 5 heteroatoms. The number of nitrogens with one attached hydrogen (secondary N) is 1. The summed E-state index contributed by atoms with van der Waals surface area (Å²) in [5.41, 5.74) is 1.88. The second-order valence-electron chi connectivity index (χ2n) is 6.16. The van der Waals surface area contributed by atoms with Crippen LogP contribution in [-0.4, -0.2) is 60.4 Å². The predicted octanol–water partition coefficient (Wildman–Crippen LogP) is 1.28. The van der Waals surface area contributed by atoms with Gasteiger partial charge in [-0.1, -0.05) is 17.7 Å². The van der Waals surface area contributed by atoms with E-state index in [2.05, 4.69) is 10.2 Å². The Balaban J connectivity index is 1.83. The lowest BCUT2D eigenvalue weighted by atomic mass is 10.1. The zero-order valence-corrected chi connectivity index (χ0v) is 13.6. The van der Waals surface area contributed by atoms with Gasteiger partial charge in [0.15, 0.2) is 0 Å². The molecule has 22 heavy (non-hydrogen) atoms. The Hall–Kier alpha value is -1.88. The van der Waals surface area contributed by atoms with Crippen molar-refractivity contribution in [2.75, 3.05) is 32.7 Å². The Labute approximate surface area is 132 Å². The summed E-state index contributed by atoms with van der Waals surface area (Å²) in [4.78, 5) is 28.1. The van der Waals surface area contributed by atoms with Gasteiger partial charge in [-0.25, -0.2) is 0 Å². The van der Waals surface area contributed by atoms with Crippen LogP contribution in [0.4, 0.5) is 0 Å². The maximum absolute atomic E-state index is 12.4. The van der Waals surface area contributed by atoms with Crippen molar-refractivity contribution < 1.29 is 9.59 Å². The number of benzene rings is 1. The second-order valence-corrected chi connectivity index (χ2v) is 6.16. The minimum Gasteiger partial charge on any atom is -0.353 e. The van der Waals surface area contributed by atoms with Gasteiger partial charge in [0.2, 0.25) is 5.91 Å². The van der Waals surface area contributed by atoms with Crippen LogP contribution in [0.15, 0.2) is 24.3 Å². The van der Waals surface area contributed by atoms with E-state index in [1.165, 1.54) is 0 Å². The number of carbonyl (C=O) groups excluding carboxylic acids is 2. The first-order valence-corrected chi connectivity index (χ1v) is 7.83. The highest BCUT2D eigenvalue weighted by molar-refractivity contribution is 5.94. The van der Waals surface area contributed by atoms with Crippen molar-refractivity contribution in [3.8, 4) is 0 Å². The minimum absolute atomic E-state index is 0.0494. The fraction of sp³-hybridized carbons (Fsp3) is 0.529. The quantitative estimate of drug-likeness (QED) is 0.911. The Kier molecular flexibility index (Phi) is 5.55. The van der Waals surface area contributed by atoms with Crippen LogP contribution in [0.2, 0.25) is 0 Å². The molecule has 0 atom stereocenters. The second kappa shape index (κ2) is 7.40. The molecule has 0 radical (unpaired) electrons. The van der Waals surface area contributed by atoms with E-state index in [1.807, 2.05) is 49.9 Å². The van der Waals surface area contributed by atoms with Gasteiger partial charge in [-0.15, -0.1) is 0 Å². The lowest BCUT2D eigenvalue weighted by Crippen LogP contribution is -2.51. The summed E-state index contributed by atoms with van der Waals surface area (Å²) in [6.07, 6.45) is 0. The highest BCUT2D eigenvalue weighted by atomic mass is 16.2. The summed E-state index contributed by atoms with van der Waals surface area (Å²) in [5.74, 6) is 0.125. The number of carbonyl (C=O) groups is 2. The summed E-state index contributed by atoms with van der Waals surface area (Å²) in [6.45, 7) is 9.14. The summed E-state index contributed by atoms with van der Waals surface area (Å²) < 4.78 is 0. The fourth-order valence-electron chi connectivity index (χ4n) is 2.56. The van der Waals surface area contributed by atoms with E-state index in [9.17, 15) is 9.59 Å². The lowest BCUT2D eigenvalue weighted by Gasteiger charge is -2.34. The molecule has 1 aliphatic rings. The Morgan fingerprint density at radius 3 is 2.23 bits per heavy atom. The van der Waals surface area contributed by atoms with Crippen LogP contribution in [0.5, 0.6) is 0 Å². The number of rotatable bonds is 4.